The normalized spacial score (nSPS) is 13.7. The Labute approximate surface area is 95.1 Å². The van der Waals surface area contributed by atoms with Crippen molar-refractivity contribution in [1.82, 2.24) is 0 Å². The van der Waals surface area contributed by atoms with Gasteiger partial charge in [0, 0.05) is 24.7 Å². The van der Waals surface area contributed by atoms with E-state index in [9.17, 15) is 0 Å². The number of nitriles is 1. The van der Waals surface area contributed by atoms with Gasteiger partial charge in [-0.1, -0.05) is 0 Å². The van der Waals surface area contributed by atoms with Crippen LogP contribution in [0.4, 0.5) is 5.69 Å². The van der Waals surface area contributed by atoms with Crippen LogP contribution in [-0.2, 0) is 6.42 Å². The van der Waals surface area contributed by atoms with E-state index in [0.29, 0.717) is 5.88 Å². The van der Waals surface area contributed by atoms with Crippen LogP contribution in [0.15, 0.2) is 18.2 Å². The second kappa shape index (κ2) is 4.55. The van der Waals surface area contributed by atoms with Gasteiger partial charge in [-0.2, -0.15) is 5.26 Å². The highest BCUT2D eigenvalue weighted by Gasteiger charge is 2.18. The first kappa shape index (κ1) is 10.3. The van der Waals surface area contributed by atoms with Crippen molar-refractivity contribution in [2.24, 2.45) is 0 Å². The van der Waals surface area contributed by atoms with E-state index in [-0.39, 0.29) is 0 Å². The molecule has 2 rings (SSSR count). The minimum Gasteiger partial charge on any atom is -0.371 e. The van der Waals surface area contributed by atoms with E-state index in [4.69, 9.17) is 16.9 Å². The average Bonchev–Trinajstić information content (AvgIpc) is 2.68. The molecule has 1 aliphatic rings. The molecule has 1 aromatic rings. The zero-order chi connectivity index (χ0) is 10.7. The van der Waals surface area contributed by atoms with Crippen molar-refractivity contribution in [2.75, 3.05) is 23.9 Å². The highest BCUT2D eigenvalue weighted by atomic mass is 35.5. The van der Waals surface area contributed by atoms with Crippen molar-refractivity contribution >= 4 is 17.3 Å². The van der Waals surface area contributed by atoms with Crippen LogP contribution in [0.25, 0.3) is 0 Å². The second-order valence-electron chi connectivity index (χ2n) is 3.73. The third kappa shape index (κ3) is 2.08. The molecule has 2 nitrogen and oxygen atoms in total. The third-order valence-electron chi connectivity index (χ3n) is 2.76. The number of hydrogen-bond acceptors (Lipinski definition) is 2. The topological polar surface area (TPSA) is 27.0 Å². The van der Waals surface area contributed by atoms with Gasteiger partial charge in [-0.25, -0.2) is 0 Å². The van der Waals surface area contributed by atoms with Gasteiger partial charge in [0.1, 0.15) is 0 Å². The minimum atomic E-state index is 0.710. The van der Waals surface area contributed by atoms with Gasteiger partial charge in [0.25, 0.3) is 0 Å². The van der Waals surface area contributed by atoms with E-state index in [2.05, 4.69) is 17.0 Å². The number of benzene rings is 1. The molecule has 0 bridgehead atoms. The Hall–Kier alpha value is -1.20. The fourth-order valence-corrected chi connectivity index (χ4v) is 2.14. The van der Waals surface area contributed by atoms with Gasteiger partial charge < -0.3 is 4.90 Å². The quantitative estimate of drug-likeness (QED) is 0.732. The van der Waals surface area contributed by atoms with Crippen LogP contribution in [0, 0.1) is 11.3 Å². The SMILES string of the molecule is N#Cc1ccc2c(c1)CCN2CCCCl. The van der Waals surface area contributed by atoms with Gasteiger partial charge in [-0.3, -0.25) is 0 Å². The standard InChI is InChI=1S/C12H13ClN2/c13-5-1-6-15-7-4-11-8-10(9-14)2-3-12(11)15/h2-3,8H,1,4-7H2. The summed E-state index contributed by atoms with van der Waals surface area (Å²) in [4.78, 5) is 2.35. The van der Waals surface area contributed by atoms with Crippen molar-refractivity contribution in [1.29, 1.82) is 5.26 Å². The van der Waals surface area contributed by atoms with Gasteiger partial charge in [0.2, 0.25) is 0 Å². The van der Waals surface area contributed by atoms with Crippen LogP contribution in [0.1, 0.15) is 17.5 Å². The maximum atomic E-state index is 8.80. The summed E-state index contributed by atoms with van der Waals surface area (Å²) in [6, 6.07) is 8.11. The van der Waals surface area contributed by atoms with Gasteiger partial charge >= 0.3 is 0 Å². The molecular weight excluding hydrogens is 208 g/mol. The first-order valence-electron chi connectivity index (χ1n) is 5.19. The smallest absolute Gasteiger partial charge is 0.0991 e. The summed E-state index contributed by atoms with van der Waals surface area (Å²) in [5, 5.41) is 8.80. The molecule has 1 aromatic carbocycles. The minimum absolute atomic E-state index is 0.710. The lowest BCUT2D eigenvalue weighted by atomic mass is 10.1. The highest BCUT2D eigenvalue weighted by Crippen LogP contribution is 2.28. The van der Waals surface area contributed by atoms with Crippen molar-refractivity contribution < 1.29 is 0 Å². The zero-order valence-corrected chi connectivity index (χ0v) is 9.30. The molecule has 0 aromatic heterocycles. The van der Waals surface area contributed by atoms with E-state index < -0.39 is 0 Å². The van der Waals surface area contributed by atoms with Crippen molar-refractivity contribution in [3.05, 3.63) is 29.3 Å². The zero-order valence-electron chi connectivity index (χ0n) is 8.54. The number of halogens is 1. The van der Waals surface area contributed by atoms with E-state index in [1.165, 1.54) is 11.3 Å². The predicted octanol–water partition coefficient (Wildman–Crippen LogP) is 2.55. The Kier molecular flexibility index (Phi) is 3.13. The molecule has 0 saturated carbocycles. The van der Waals surface area contributed by atoms with E-state index in [0.717, 1.165) is 31.5 Å². The number of fused-ring (bicyclic) bond motifs is 1. The summed E-state index contributed by atoms with van der Waals surface area (Å²) in [5.41, 5.74) is 3.33. The fourth-order valence-electron chi connectivity index (χ4n) is 2.02. The number of rotatable bonds is 3. The van der Waals surface area contributed by atoms with E-state index in [1.807, 2.05) is 12.1 Å². The Morgan fingerprint density at radius 2 is 2.33 bits per heavy atom. The molecular formula is C12H13ClN2. The molecule has 1 heterocycles. The first-order chi connectivity index (χ1) is 7.35. The maximum Gasteiger partial charge on any atom is 0.0991 e. The van der Waals surface area contributed by atoms with E-state index in [1.54, 1.807) is 0 Å². The molecule has 0 amide bonds. The summed E-state index contributed by atoms with van der Waals surface area (Å²) in [5.74, 6) is 0.710. The largest absolute Gasteiger partial charge is 0.371 e. The summed E-state index contributed by atoms with van der Waals surface area (Å²) >= 11 is 5.68. The molecule has 0 saturated heterocycles. The Balaban J connectivity index is 2.18. The number of anilines is 1. The van der Waals surface area contributed by atoms with Gasteiger partial charge in [0.15, 0.2) is 0 Å². The molecule has 0 spiro atoms. The predicted molar refractivity (Wildman–Crippen MR) is 62.4 cm³/mol. The van der Waals surface area contributed by atoms with Crippen LogP contribution in [0.3, 0.4) is 0 Å². The van der Waals surface area contributed by atoms with Gasteiger partial charge in [-0.05, 0) is 36.6 Å². The van der Waals surface area contributed by atoms with Crippen molar-refractivity contribution in [3.8, 4) is 6.07 Å². The summed E-state index contributed by atoms with van der Waals surface area (Å²) in [6.07, 6.45) is 2.06. The molecule has 3 heteroatoms. The van der Waals surface area contributed by atoms with E-state index >= 15 is 0 Å². The summed E-state index contributed by atoms with van der Waals surface area (Å²) in [6.45, 7) is 2.07. The van der Waals surface area contributed by atoms with Crippen LogP contribution in [0.2, 0.25) is 0 Å². The Bertz CT molecular complexity index is 395. The highest BCUT2D eigenvalue weighted by molar-refractivity contribution is 6.17. The fraction of sp³-hybridized carbons (Fsp3) is 0.417. The number of alkyl halides is 1. The molecule has 0 fully saturated rings. The van der Waals surface area contributed by atoms with Crippen LogP contribution in [0.5, 0.6) is 0 Å². The second-order valence-corrected chi connectivity index (χ2v) is 4.11. The molecule has 0 atom stereocenters. The lowest BCUT2D eigenvalue weighted by Crippen LogP contribution is -2.21. The van der Waals surface area contributed by atoms with Crippen LogP contribution in [-0.4, -0.2) is 19.0 Å². The lowest BCUT2D eigenvalue weighted by Gasteiger charge is -2.18. The Morgan fingerprint density at radius 3 is 3.07 bits per heavy atom. The van der Waals surface area contributed by atoms with Crippen LogP contribution < -0.4 is 4.90 Å². The number of hydrogen-bond donors (Lipinski definition) is 0. The summed E-state index contributed by atoms with van der Waals surface area (Å²) in [7, 11) is 0. The Morgan fingerprint density at radius 1 is 1.47 bits per heavy atom. The molecule has 15 heavy (non-hydrogen) atoms. The van der Waals surface area contributed by atoms with Crippen molar-refractivity contribution in [2.45, 2.75) is 12.8 Å². The average molecular weight is 221 g/mol. The maximum absolute atomic E-state index is 8.80. The first-order valence-corrected chi connectivity index (χ1v) is 5.72. The van der Waals surface area contributed by atoms with Gasteiger partial charge in [-0.15, -0.1) is 11.6 Å². The van der Waals surface area contributed by atoms with Gasteiger partial charge in [0.05, 0.1) is 11.6 Å². The molecule has 0 radical (unpaired) electrons. The molecule has 1 aliphatic heterocycles. The van der Waals surface area contributed by atoms with Crippen molar-refractivity contribution in [3.63, 3.8) is 0 Å². The molecule has 0 unspecified atom stereocenters. The van der Waals surface area contributed by atoms with Crippen LogP contribution >= 0.6 is 11.6 Å². The molecule has 0 aliphatic carbocycles. The number of nitrogens with zero attached hydrogens (tertiary/aromatic N) is 2. The monoisotopic (exact) mass is 220 g/mol. The third-order valence-corrected chi connectivity index (χ3v) is 3.03. The molecule has 0 N–H and O–H groups in total. The molecule has 78 valence electrons. The lowest BCUT2D eigenvalue weighted by molar-refractivity contribution is 0.800. The summed E-state index contributed by atoms with van der Waals surface area (Å²) < 4.78 is 0.